The van der Waals surface area contributed by atoms with Gasteiger partial charge in [0.2, 0.25) is 0 Å². The normalized spacial score (nSPS) is 20.0. The first kappa shape index (κ1) is 14.1. The molecule has 1 fully saturated rings. The number of benzene rings is 1. The van der Waals surface area contributed by atoms with Crippen molar-refractivity contribution >= 4 is 13.3 Å². The summed E-state index contributed by atoms with van der Waals surface area (Å²) in [7, 11) is 5.60. The van der Waals surface area contributed by atoms with Crippen LogP contribution in [0.4, 0.5) is 0 Å². The number of hydrogen-bond donors (Lipinski definition) is 1. The van der Waals surface area contributed by atoms with Crippen LogP contribution in [0.2, 0.25) is 0 Å². The topological polar surface area (TPSA) is 81.3 Å². The van der Waals surface area contributed by atoms with Crippen molar-refractivity contribution in [1.29, 1.82) is 0 Å². The Balaban J connectivity index is 0.000000980. The fourth-order valence-electron chi connectivity index (χ4n) is 1.49. The van der Waals surface area contributed by atoms with E-state index in [-0.39, 0.29) is 17.1 Å². The largest absolute Gasteiger partial charge is 0.870 e. The van der Waals surface area contributed by atoms with Gasteiger partial charge in [-0.25, -0.2) is 0 Å². The molecule has 1 aromatic carbocycles. The van der Waals surface area contributed by atoms with E-state index in [2.05, 4.69) is 5.32 Å². The van der Waals surface area contributed by atoms with Crippen LogP contribution in [0.25, 0.3) is 0 Å². The SMILES string of the molecule is [B+2]c1ccc(C2CNCCO2)cc1.[OH-].[OH-]. The molecule has 0 aliphatic carbocycles. The standard InChI is InChI=1S/C10H12BNO.2H2O/c11-9-3-1-8(2-4-9)10-7-12-5-6-13-10;;/h1-4,10,12H,5-7H2;2*1H2/q+2;;/p-2. The summed E-state index contributed by atoms with van der Waals surface area (Å²) in [6.45, 7) is 2.63. The van der Waals surface area contributed by atoms with Crippen molar-refractivity contribution < 1.29 is 15.7 Å². The molecule has 1 aliphatic rings. The molecule has 0 radical (unpaired) electrons. The third-order valence-electron chi connectivity index (χ3n) is 2.24. The number of morpholine rings is 1. The summed E-state index contributed by atoms with van der Waals surface area (Å²) in [6.07, 6.45) is 0.189. The molecule has 1 unspecified atom stereocenters. The second-order valence-corrected chi connectivity index (χ2v) is 3.23. The fraction of sp³-hybridized carbons (Fsp3) is 0.400. The van der Waals surface area contributed by atoms with Crippen molar-refractivity contribution in [3.8, 4) is 0 Å². The van der Waals surface area contributed by atoms with Crippen molar-refractivity contribution in [2.24, 2.45) is 0 Å². The van der Waals surface area contributed by atoms with Gasteiger partial charge in [-0.05, 0) is 0 Å². The number of rotatable bonds is 1. The van der Waals surface area contributed by atoms with Gasteiger partial charge in [-0.15, -0.1) is 0 Å². The fourth-order valence-corrected chi connectivity index (χ4v) is 1.49. The molecule has 2 rings (SSSR count). The van der Waals surface area contributed by atoms with Gasteiger partial charge in [0.15, 0.2) is 0 Å². The van der Waals surface area contributed by atoms with Gasteiger partial charge in [0, 0.05) is 0 Å². The number of ether oxygens (including phenoxy) is 1. The van der Waals surface area contributed by atoms with Crippen molar-refractivity contribution in [1.82, 2.24) is 5.32 Å². The Hall–Kier alpha value is -0.875. The van der Waals surface area contributed by atoms with Gasteiger partial charge in [-0.1, -0.05) is 0 Å². The Morgan fingerprint density at radius 3 is 2.40 bits per heavy atom. The van der Waals surface area contributed by atoms with E-state index in [0.717, 1.165) is 25.2 Å². The maximum absolute atomic E-state index is 5.60. The zero-order chi connectivity index (χ0) is 9.10. The third kappa shape index (κ3) is 3.64. The first-order valence-electron chi connectivity index (χ1n) is 4.54. The molecule has 1 heterocycles. The van der Waals surface area contributed by atoms with Gasteiger partial charge in [-0.2, -0.15) is 0 Å². The predicted molar refractivity (Wildman–Crippen MR) is 57.3 cm³/mol. The Morgan fingerprint density at radius 1 is 1.20 bits per heavy atom. The van der Waals surface area contributed by atoms with Gasteiger partial charge in [0.05, 0.1) is 0 Å². The van der Waals surface area contributed by atoms with Crippen LogP contribution in [0.5, 0.6) is 0 Å². The third-order valence-corrected chi connectivity index (χ3v) is 2.24. The van der Waals surface area contributed by atoms with Crippen molar-refractivity contribution in [3.63, 3.8) is 0 Å². The van der Waals surface area contributed by atoms with Crippen LogP contribution in [-0.4, -0.2) is 38.5 Å². The van der Waals surface area contributed by atoms with Gasteiger partial charge in [-0.3, -0.25) is 0 Å². The number of hydrogen-bond acceptors (Lipinski definition) is 4. The van der Waals surface area contributed by atoms with Crippen LogP contribution in [-0.2, 0) is 4.74 Å². The molecule has 4 nitrogen and oxygen atoms in total. The van der Waals surface area contributed by atoms with Crippen molar-refractivity contribution in [3.05, 3.63) is 29.8 Å². The average molecular weight is 207 g/mol. The van der Waals surface area contributed by atoms with Crippen LogP contribution in [0.1, 0.15) is 11.7 Å². The molecule has 0 saturated carbocycles. The van der Waals surface area contributed by atoms with Crippen molar-refractivity contribution in [2.75, 3.05) is 19.7 Å². The van der Waals surface area contributed by atoms with Crippen LogP contribution >= 0.6 is 0 Å². The second-order valence-electron chi connectivity index (χ2n) is 3.23. The van der Waals surface area contributed by atoms with Crippen molar-refractivity contribution in [2.45, 2.75) is 6.10 Å². The minimum atomic E-state index is 0. The maximum Gasteiger partial charge on any atom is -0.870 e. The van der Waals surface area contributed by atoms with Crippen LogP contribution in [0.3, 0.4) is 0 Å². The Kier molecular flexibility index (Phi) is 6.20. The summed E-state index contributed by atoms with van der Waals surface area (Å²) in [5.41, 5.74) is 1.99. The second kappa shape index (κ2) is 6.58. The molecule has 5 heteroatoms. The molecule has 3 N–H and O–H groups in total. The molecular weight excluding hydrogens is 193 g/mol. The Labute approximate surface area is 90.7 Å². The predicted octanol–water partition coefficient (Wildman–Crippen LogP) is -0.212. The monoisotopic (exact) mass is 207 g/mol. The van der Waals surface area contributed by atoms with Gasteiger partial charge in [0.25, 0.3) is 0 Å². The molecule has 80 valence electrons. The van der Waals surface area contributed by atoms with Crippen LogP contribution < -0.4 is 10.8 Å². The van der Waals surface area contributed by atoms with E-state index in [1.807, 2.05) is 24.3 Å². The van der Waals surface area contributed by atoms with Crippen LogP contribution in [0, 0.1) is 0 Å². The minimum Gasteiger partial charge on any atom is -0.870 e. The van der Waals surface area contributed by atoms with E-state index in [9.17, 15) is 0 Å². The smallest absolute Gasteiger partial charge is 0.870 e. The molecule has 1 aliphatic heterocycles. The zero-order valence-corrected chi connectivity index (χ0v) is 8.39. The summed E-state index contributed by atoms with van der Waals surface area (Å²) in [4.78, 5) is 0. The molecule has 0 spiro atoms. The maximum atomic E-state index is 5.60. The minimum absolute atomic E-state index is 0. The molecular formula is C10H14BNO3. The summed E-state index contributed by atoms with van der Waals surface area (Å²) in [5, 5.41) is 3.29. The van der Waals surface area contributed by atoms with Gasteiger partial charge < -0.3 is 11.0 Å². The quantitative estimate of drug-likeness (QED) is 0.646. The van der Waals surface area contributed by atoms with Crippen LogP contribution in [0.15, 0.2) is 24.3 Å². The van der Waals surface area contributed by atoms with E-state index in [4.69, 9.17) is 12.6 Å². The Bertz CT molecular complexity index is 273. The van der Waals surface area contributed by atoms with E-state index >= 15 is 0 Å². The van der Waals surface area contributed by atoms with E-state index < -0.39 is 0 Å². The number of nitrogens with one attached hydrogen (secondary N) is 1. The zero-order valence-electron chi connectivity index (χ0n) is 8.39. The molecule has 0 bridgehead atoms. The summed E-state index contributed by atoms with van der Waals surface area (Å²) in [5.74, 6) is 0. The van der Waals surface area contributed by atoms with Gasteiger partial charge in [0.1, 0.15) is 0 Å². The molecule has 0 aromatic heterocycles. The molecule has 0 amide bonds. The first-order chi connectivity index (χ1) is 6.36. The van der Waals surface area contributed by atoms with E-state index in [1.165, 1.54) is 5.56 Å². The Morgan fingerprint density at radius 2 is 1.87 bits per heavy atom. The average Bonchev–Trinajstić information content (AvgIpc) is 2.20. The molecule has 1 atom stereocenters. The van der Waals surface area contributed by atoms with E-state index in [1.54, 1.807) is 0 Å². The van der Waals surface area contributed by atoms with Gasteiger partial charge >= 0.3 is 79.0 Å². The summed E-state index contributed by atoms with van der Waals surface area (Å²) >= 11 is 0. The van der Waals surface area contributed by atoms with E-state index in [0.29, 0.717) is 0 Å². The summed E-state index contributed by atoms with van der Waals surface area (Å²) < 4.78 is 5.60. The summed E-state index contributed by atoms with van der Waals surface area (Å²) in [6, 6.07) is 7.86. The molecule has 1 aromatic rings. The molecule has 1 saturated heterocycles. The first-order valence-corrected chi connectivity index (χ1v) is 4.54. The molecule has 15 heavy (non-hydrogen) atoms.